The van der Waals surface area contributed by atoms with Crippen LogP contribution in [0.15, 0.2) is 46.9 Å². The van der Waals surface area contributed by atoms with Crippen LogP contribution in [-0.2, 0) is 0 Å². The van der Waals surface area contributed by atoms with Gasteiger partial charge in [-0.3, -0.25) is 0 Å². The molecule has 138 valence electrons. The van der Waals surface area contributed by atoms with Crippen molar-refractivity contribution in [2.24, 2.45) is 11.8 Å². The molecule has 0 atom stereocenters. The Bertz CT molecular complexity index is 561. The van der Waals surface area contributed by atoms with Gasteiger partial charge < -0.3 is 10.2 Å². The molecular formula is C22H34N2S. The highest BCUT2D eigenvalue weighted by Crippen LogP contribution is 2.37. The topological polar surface area (TPSA) is 15.3 Å². The minimum atomic E-state index is 0.698. The van der Waals surface area contributed by atoms with Crippen molar-refractivity contribution in [3.8, 4) is 0 Å². The summed E-state index contributed by atoms with van der Waals surface area (Å²) in [5.41, 5.74) is 3.65. The van der Waals surface area contributed by atoms with Crippen molar-refractivity contribution in [2.75, 3.05) is 6.54 Å². The lowest BCUT2D eigenvalue weighted by Crippen LogP contribution is -2.28. The van der Waals surface area contributed by atoms with E-state index in [0.29, 0.717) is 5.92 Å². The van der Waals surface area contributed by atoms with Gasteiger partial charge in [-0.05, 0) is 49.7 Å². The van der Waals surface area contributed by atoms with E-state index in [1.54, 1.807) is 0 Å². The van der Waals surface area contributed by atoms with Crippen molar-refractivity contribution in [2.45, 2.75) is 71.1 Å². The zero-order chi connectivity index (χ0) is 17.6. The summed E-state index contributed by atoms with van der Waals surface area (Å²) in [5.74, 6) is 1.61. The Balaban J connectivity index is 1.66. The number of thiol groups is 1. The number of hydrogen-bond donors (Lipinski definition) is 2. The maximum Gasteiger partial charge on any atom is 0.0719 e. The number of nitrogens with zero attached hydrogens (tertiary/aromatic N) is 1. The standard InChI is InChI=1S/C22H34N2S/c1-3-22(25)24-16-20(19-11-7-8-12-19)15-21(17(24)2)23-14-13-18-9-5-4-6-10-18/h3,15-16,18-19,23,25H,2,4-14H2,1H3/b22-3+. The Kier molecular flexibility index (Phi) is 6.75. The summed E-state index contributed by atoms with van der Waals surface area (Å²) < 4.78 is 0. The van der Waals surface area contributed by atoms with E-state index in [2.05, 4.69) is 41.7 Å². The molecule has 1 heterocycles. The van der Waals surface area contributed by atoms with Crippen LogP contribution in [0.2, 0.25) is 0 Å². The van der Waals surface area contributed by atoms with E-state index in [0.717, 1.165) is 23.2 Å². The van der Waals surface area contributed by atoms with Crippen LogP contribution in [0.25, 0.3) is 0 Å². The van der Waals surface area contributed by atoms with Gasteiger partial charge in [0.05, 0.1) is 16.4 Å². The summed E-state index contributed by atoms with van der Waals surface area (Å²) in [6, 6.07) is 0. The van der Waals surface area contributed by atoms with Gasteiger partial charge in [0.1, 0.15) is 0 Å². The van der Waals surface area contributed by atoms with Gasteiger partial charge in [0.25, 0.3) is 0 Å². The molecule has 0 aromatic carbocycles. The monoisotopic (exact) mass is 358 g/mol. The third kappa shape index (κ3) is 4.75. The third-order valence-corrected chi connectivity index (χ3v) is 6.59. The first-order valence-corrected chi connectivity index (χ1v) is 10.6. The van der Waals surface area contributed by atoms with E-state index in [9.17, 15) is 0 Å². The Morgan fingerprint density at radius 1 is 1.20 bits per heavy atom. The highest BCUT2D eigenvalue weighted by Gasteiger charge is 2.25. The highest BCUT2D eigenvalue weighted by atomic mass is 32.1. The Morgan fingerprint density at radius 3 is 2.56 bits per heavy atom. The van der Waals surface area contributed by atoms with Crippen molar-refractivity contribution in [3.63, 3.8) is 0 Å². The molecule has 0 spiro atoms. The predicted molar refractivity (Wildman–Crippen MR) is 111 cm³/mol. The second-order valence-corrected chi connectivity index (χ2v) is 8.31. The molecule has 1 aliphatic heterocycles. The number of rotatable bonds is 6. The number of hydrogen-bond acceptors (Lipinski definition) is 3. The molecular weight excluding hydrogens is 324 g/mol. The lowest BCUT2D eigenvalue weighted by molar-refractivity contribution is 0.337. The quantitative estimate of drug-likeness (QED) is 0.556. The van der Waals surface area contributed by atoms with Crippen LogP contribution in [0.4, 0.5) is 0 Å². The fraction of sp³-hybridized carbons (Fsp3) is 0.636. The maximum absolute atomic E-state index is 4.66. The summed E-state index contributed by atoms with van der Waals surface area (Å²) in [5, 5.41) is 4.66. The molecule has 0 bridgehead atoms. The summed E-state index contributed by atoms with van der Waals surface area (Å²) >= 11 is 4.66. The lowest BCUT2D eigenvalue weighted by atomic mass is 9.87. The minimum Gasteiger partial charge on any atom is -0.383 e. The average Bonchev–Trinajstić information content (AvgIpc) is 3.18. The molecule has 1 N–H and O–H groups in total. The van der Waals surface area contributed by atoms with Crippen LogP contribution in [0.3, 0.4) is 0 Å². The molecule has 2 saturated carbocycles. The number of nitrogens with one attached hydrogen (secondary N) is 1. The van der Waals surface area contributed by atoms with Crippen LogP contribution >= 0.6 is 12.6 Å². The van der Waals surface area contributed by atoms with E-state index in [1.165, 1.54) is 75.5 Å². The number of allylic oxidation sites excluding steroid dienone is 3. The van der Waals surface area contributed by atoms with E-state index in [1.807, 2.05) is 13.0 Å². The van der Waals surface area contributed by atoms with E-state index < -0.39 is 0 Å². The second kappa shape index (κ2) is 9.02. The van der Waals surface area contributed by atoms with Crippen LogP contribution < -0.4 is 5.32 Å². The molecule has 2 fully saturated rings. The summed E-state index contributed by atoms with van der Waals surface area (Å²) in [6.07, 6.45) is 20.4. The van der Waals surface area contributed by atoms with Crippen molar-refractivity contribution in [1.82, 2.24) is 10.2 Å². The minimum absolute atomic E-state index is 0.698. The molecule has 3 aliphatic rings. The molecule has 0 aromatic heterocycles. The van der Waals surface area contributed by atoms with Crippen LogP contribution in [0.1, 0.15) is 71.1 Å². The Morgan fingerprint density at radius 2 is 1.88 bits per heavy atom. The van der Waals surface area contributed by atoms with Crippen LogP contribution in [0.5, 0.6) is 0 Å². The molecule has 0 aromatic rings. The summed E-state index contributed by atoms with van der Waals surface area (Å²) in [4.78, 5) is 2.15. The molecule has 3 rings (SSSR count). The Labute approximate surface area is 159 Å². The Hall–Kier alpha value is -1.09. The molecule has 0 unspecified atom stereocenters. The molecule has 2 nitrogen and oxygen atoms in total. The molecule has 3 heteroatoms. The summed E-state index contributed by atoms with van der Waals surface area (Å²) in [7, 11) is 0. The lowest BCUT2D eigenvalue weighted by Gasteiger charge is -2.32. The first-order chi connectivity index (χ1) is 12.2. The first-order valence-electron chi connectivity index (χ1n) is 10.2. The van der Waals surface area contributed by atoms with Gasteiger partial charge in [-0.15, -0.1) is 12.6 Å². The smallest absolute Gasteiger partial charge is 0.0719 e. The average molecular weight is 359 g/mol. The van der Waals surface area contributed by atoms with Crippen molar-refractivity contribution >= 4 is 12.6 Å². The zero-order valence-corrected chi connectivity index (χ0v) is 16.7. The van der Waals surface area contributed by atoms with E-state index in [4.69, 9.17) is 0 Å². The molecule has 0 amide bonds. The van der Waals surface area contributed by atoms with E-state index in [-0.39, 0.29) is 0 Å². The fourth-order valence-electron chi connectivity index (χ4n) is 4.51. The summed E-state index contributed by atoms with van der Waals surface area (Å²) in [6.45, 7) is 7.42. The second-order valence-electron chi connectivity index (χ2n) is 7.85. The van der Waals surface area contributed by atoms with Crippen LogP contribution in [0, 0.1) is 11.8 Å². The molecule has 0 radical (unpaired) electrons. The van der Waals surface area contributed by atoms with Gasteiger partial charge in [0.2, 0.25) is 0 Å². The largest absolute Gasteiger partial charge is 0.383 e. The highest BCUT2D eigenvalue weighted by molar-refractivity contribution is 7.84. The maximum atomic E-state index is 4.66. The van der Waals surface area contributed by atoms with Gasteiger partial charge >= 0.3 is 0 Å². The van der Waals surface area contributed by atoms with Crippen molar-refractivity contribution < 1.29 is 0 Å². The van der Waals surface area contributed by atoms with Gasteiger partial charge in [0.15, 0.2) is 0 Å². The van der Waals surface area contributed by atoms with Crippen LogP contribution in [-0.4, -0.2) is 11.4 Å². The van der Waals surface area contributed by atoms with Gasteiger partial charge in [-0.2, -0.15) is 0 Å². The van der Waals surface area contributed by atoms with Gasteiger partial charge in [-0.25, -0.2) is 0 Å². The third-order valence-electron chi connectivity index (χ3n) is 6.12. The normalized spacial score (nSPS) is 23.7. The SMILES string of the molecule is C=C1C(NCCC2CCCCC2)=CC(C2CCCC2)=CN1/C(S)=C\C. The van der Waals surface area contributed by atoms with Crippen molar-refractivity contribution in [3.05, 3.63) is 46.9 Å². The van der Waals surface area contributed by atoms with Crippen molar-refractivity contribution in [1.29, 1.82) is 0 Å². The van der Waals surface area contributed by atoms with E-state index >= 15 is 0 Å². The first kappa shape index (κ1) is 18.7. The predicted octanol–water partition coefficient (Wildman–Crippen LogP) is 6.12. The van der Waals surface area contributed by atoms with Gasteiger partial charge in [0, 0.05) is 12.7 Å². The molecule has 0 saturated heterocycles. The zero-order valence-electron chi connectivity index (χ0n) is 15.8. The van der Waals surface area contributed by atoms with Gasteiger partial charge in [-0.1, -0.05) is 57.6 Å². The molecule has 2 aliphatic carbocycles. The molecule has 25 heavy (non-hydrogen) atoms. The fourth-order valence-corrected chi connectivity index (χ4v) is 4.69.